The monoisotopic (exact) mass is 396 g/mol. The summed E-state index contributed by atoms with van der Waals surface area (Å²) >= 11 is 3.07. The summed E-state index contributed by atoms with van der Waals surface area (Å²) in [6, 6.07) is 4.99. The number of carboxylic acid groups (broad SMARTS) is 1. The molecule has 0 unspecified atom stereocenters. The fourth-order valence-corrected chi connectivity index (χ4v) is 1.94. The molecule has 1 atom stereocenters. The second kappa shape index (κ2) is 7.64. The number of nitrogens with one attached hydrogen (secondary N) is 2. The van der Waals surface area contributed by atoms with Gasteiger partial charge in [-0.05, 0) is 47.1 Å². The fraction of sp³-hybridized carbons (Fsp3) is 0.133. The molecule has 2 aromatic rings. The standard InChI is InChI=1S/C15H13BrN2O6/c1-8(15(21)22)17-13(19)10(7-9-3-2-6-23-9)18-14(20)11-4-5-12(16)24-11/h2-8H,1H3,(H,17,19)(H,18,20)(H,21,22)/b10-7-/t8-/m0/s1. The second-order valence-corrected chi connectivity index (χ2v) is 5.45. The van der Waals surface area contributed by atoms with Crippen molar-refractivity contribution in [1.29, 1.82) is 0 Å². The van der Waals surface area contributed by atoms with E-state index in [-0.39, 0.29) is 11.5 Å². The highest BCUT2D eigenvalue weighted by atomic mass is 79.9. The van der Waals surface area contributed by atoms with E-state index in [1.165, 1.54) is 31.4 Å². The van der Waals surface area contributed by atoms with Gasteiger partial charge in [0.2, 0.25) is 0 Å². The molecule has 2 rings (SSSR count). The summed E-state index contributed by atoms with van der Waals surface area (Å²) in [6.45, 7) is 1.30. The van der Waals surface area contributed by atoms with Gasteiger partial charge in [-0.25, -0.2) is 0 Å². The van der Waals surface area contributed by atoms with Crippen molar-refractivity contribution in [2.75, 3.05) is 0 Å². The molecule has 9 heteroatoms. The van der Waals surface area contributed by atoms with E-state index in [4.69, 9.17) is 13.9 Å². The summed E-state index contributed by atoms with van der Waals surface area (Å²) in [6.07, 6.45) is 2.67. The van der Waals surface area contributed by atoms with E-state index < -0.39 is 23.8 Å². The molecule has 24 heavy (non-hydrogen) atoms. The zero-order valence-corrected chi connectivity index (χ0v) is 14.0. The zero-order valence-electron chi connectivity index (χ0n) is 12.4. The lowest BCUT2D eigenvalue weighted by Gasteiger charge is -2.12. The van der Waals surface area contributed by atoms with Crippen molar-refractivity contribution in [3.05, 3.63) is 52.4 Å². The minimum Gasteiger partial charge on any atom is -0.480 e. The highest BCUT2D eigenvalue weighted by Crippen LogP contribution is 2.14. The molecule has 2 heterocycles. The number of amides is 2. The minimum atomic E-state index is -1.21. The summed E-state index contributed by atoms with van der Waals surface area (Å²) in [4.78, 5) is 35.2. The van der Waals surface area contributed by atoms with Crippen LogP contribution in [0, 0.1) is 0 Å². The highest BCUT2D eigenvalue weighted by Gasteiger charge is 2.21. The molecule has 3 N–H and O–H groups in total. The first-order chi connectivity index (χ1) is 11.4. The van der Waals surface area contributed by atoms with Crippen molar-refractivity contribution in [3.8, 4) is 0 Å². The van der Waals surface area contributed by atoms with Gasteiger partial charge >= 0.3 is 5.97 Å². The summed E-state index contributed by atoms with van der Waals surface area (Å²) in [5, 5.41) is 13.5. The molecule has 0 aliphatic carbocycles. The number of aliphatic carboxylic acids is 1. The molecule has 0 saturated carbocycles. The van der Waals surface area contributed by atoms with Crippen LogP contribution < -0.4 is 10.6 Å². The number of furan rings is 2. The van der Waals surface area contributed by atoms with Gasteiger partial charge in [-0.15, -0.1) is 0 Å². The van der Waals surface area contributed by atoms with Gasteiger partial charge in [0.05, 0.1) is 6.26 Å². The van der Waals surface area contributed by atoms with E-state index >= 15 is 0 Å². The van der Waals surface area contributed by atoms with Crippen LogP contribution in [0.15, 0.2) is 49.7 Å². The van der Waals surface area contributed by atoms with E-state index in [0.717, 1.165) is 0 Å². The number of hydrogen-bond acceptors (Lipinski definition) is 5. The maximum Gasteiger partial charge on any atom is 0.325 e. The van der Waals surface area contributed by atoms with Gasteiger partial charge in [0, 0.05) is 6.08 Å². The van der Waals surface area contributed by atoms with Crippen molar-refractivity contribution in [2.24, 2.45) is 0 Å². The summed E-state index contributed by atoms with van der Waals surface area (Å²) in [5.41, 5.74) is -0.185. The first-order valence-corrected chi connectivity index (χ1v) is 7.51. The molecule has 0 saturated heterocycles. The van der Waals surface area contributed by atoms with Crippen molar-refractivity contribution >= 4 is 39.8 Å². The molecule has 0 aromatic carbocycles. The van der Waals surface area contributed by atoms with Gasteiger partial charge < -0.3 is 24.6 Å². The summed E-state index contributed by atoms with van der Waals surface area (Å²) < 4.78 is 10.6. The lowest BCUT2D eigenvalue weighted by atomic mass is 10.2. The average Bonchev–Trinajstić information content (AvgIpc) is 3.17. The molecule has 0 aliphatic rings. The quantitative estimate of drug-likeness (QED) is 0.641. The minimum absolute atomic E-state index is 0.0219. The van der Waals surface area contributed by atoms with Crippen molar-refractivity contribution in [2.45, 2.75) is 13.0 Å². The smallest absolute Gasteiger partial charge is 0.325 e. The number of carbonyl (C=O) groups excluding carboxylic acids is 2. The third-order valence-electron chi connectivity index (χ3n) is 2.84. The maximum absolute atomic E-state index is 12.2. The van der Waals surface area contributed by atoms with Gasteiger partial charge in [-0.2, -0.15) is 0 Å². The van der Waals surface area contributed by atoms with Crippen LogP contribution in [0.3, 0.4) is 0 Å². The Morgan fingerprint density at radius 2 is 2.04 bits per heavy atom. The van der Waals surface area contributed by atoms with Gasteiger partial charge in [0.25, 0.3) is 11.8 Å². The van der Waals surface area contributed by atoms with Gasteiger partial charge in [-0.1, -0.05) is 0 Å². The number of carboxylic acids is 1. The third-order valence-corrected chi connectivity index (χ3v) is 3.26. The number of hydrogen-bond donors (Lipinski definition) is 3. The predicted molar refractivity (Wildman–Crippen MR) is 85.8 cm³/mol. The first kappa shape index (κ1) is 17.5. The van der Waals surface area contributed by atoms with Crippen LogP contribution in [-0.2, 0) is 9.59 Å². The van der Waals surface area contributed by atoms with Crippen LogP contribution in [0.1, 0.15) is 23.2 Å². The highest BCUT2D eigenvalue weighted by molar-refractivity contribution is 9.10. The Labute approximate surface area is 144 Å². The SMILES string of the molecule is C[C@H](NC(=O)/C(=C/c1ccco1)NC(=O)c1ccc(Br)o1)C(=O)O. The number of rotatable bonds is 6. The van der Waals surface area contributed by atoms with Crippen molar-refractivity contribution in [3.63, 3.8) is 0 Å². The Morgan fingerprint density at radius 3 is 2.58 bits per heavy atom. The van der Waals surface area contributed by atoms with Crippen LogP contribution in [0.2, 0.25) is 0 Å². The third kappa shape index (κ3) is 4.59. The number of halogens is 1. The molecule has 0 radical (unpaired) electrons. The zero-order chi connectivity index (χ0) is 17.7. The fourth-order valence-electron chi connectivity index (χ4n) is 1.63. The van der Waals surface area contributed by atoms with E-state index in [0.29, 0.717) is 10.4 Å². The molecule has 0 bridgehead atoms. The van der Waals surface area contributed by atoms with E-state index in [9.17, 15) is 14.4 Å². The molecule has 2 amide bonds. The Bertz CT molecular complexity index is 778. The summed E-state index contributed by atoms with van der Waals surface area (Å²) in [7, 11) is 0. The molecule has 0 spiro atoms. The van der Waals surface area contributed by atoms with Crippen molar-refractivity contribution < 1.29 is 28.3 Å². The molecule has 8 nitrogen and oxygen atoms in total. The van der Waals surface area contributed by atoms with Crippen LogP contribution in [0.25, 0.3) is 6.08 Å². The molecule has 2 aromatic heterocycles. The van der Waals surface area contributed by atoms with Gasteiger partial charge in [0.1, 0.15) is 17.5 Å². The number of carbonyl (C=O) groups is 3. The van der Waals surface area contributed by atoms with E-state index in [1.807, 2.05) is 0 Å². The largest absolute Gasteiger partial charge is 0.480 e. The van der Waals surface area contributed by atoms with Crippen LogP contribution in [0.5, 0.6) is 0 Å². The maximum atomic E-state index is 12.2. The Kier molecular flexibility index (Phi) is 5.59. The van der Waals surface area contributed by atoms with E-state index in [1.54, 1.807) is 12.1 Å². The molecule has 0 fully saturated rings. The molecule has 0 aliphatic heterocycles. The normalized spacial score (nSPS) is 12.5. The lowest BCUT2D eigenvalue weighted by molar-refractivity contribution is -0.140. The Balaban J connectivity index is 2.21. The van der Waals surface area contributed by atoms with Crippen molar-refractivity contribution in [1.82, 2.24) is 10.6 Å². The average molecular weight is 397 g/mol. The predicted octanol–water partition coefficient (Wildman–Crippen LogP) is 2.00. The molecule has 126 valence electrons. The van der Waals surface area contributed by atoms with Crippen LogP contribution >= 0.6 is 15.9 Å². The van der Waals surface area contributed by atoms with E-state index in [2.05, 4.69) is 26.6 Å². The Hall–Kier alpha value is -2.81. The molecular formula is C15H13BrN2O6. The second-order valence-electron chi connectivity index (χ2n) is 4.66. The van der Waals surface area contributed by atoms with Crippen LogP contribution in [0.4, 0.5) is 0 Å². The summed E-state index contributed by atoms with van der Waals surface area (Å²) in [5.74, 6) is -2.37. The topological polar surface area (TPSA) is 122 Å². The van der Waals surface area contributed by atoms with Gasteiger partial charge in [0.15, 0.2) is 10.4 Å². The van der Waals surface area contributed by atoms with Gasteiger partial charge in [-0.3, -0.25) is 14.4 Å². The Morgan fingerprint density at radius 1 is 1.29 bits per heavy atom. The first-order valence-electron chi connectivity index (χ1n) is 6.72. The molecular weight excluding hydrogens is 384 g/mol. The van der Waals surface area contributed by atoms with Crippen LogP contribution in [-0.4, -0.2) is 28.9 Å². The lowest BCUT2D eigenvalue weighted by Crippen LogP contribution is -2.42.